The number of morpholine rings is 1. The third kappa shape index (κ3) is 4.47. The highest BCUT2D eigenvalue weighted by atomic mass is 32.2. The molecular formula is C19H29N7OS. The predicted octanol–water partition coefficient (Wildman–Crippen LogP) is 1.95. The van der Waals surface area contributed by atoms with Crippen LogP contribution < -0.4 is 15.1 Å². The fourth-order valence-corrected chi connectivity index (χ4v) is 4.47. The molecule has 0 atom stereocenters. The van der Waals surface area contributed by atoms with Gasteiger partial charge in [-0.05, 0) is 12.2 Å². The van der Waals surface area contributed by atoms with E-state index >= 15 is 0 Å². The van der Waals surface area contributed by atoms with Crippen LogP contribution in [0, 0.1) is 0 Å². The Morgan fingerprint density at radius 2 is 1.82 bits per heavy atom. The number of piperazine rings is 1. The third-order valence-corrected chi connectivity index (χ3v) is 6.18. The van der Waals surface area contributed by atoms with E-state index in [1.165, 1.54) is 19.3 Å². The first-order valence-electron chi connectivity index (χ1n) is 10.3. The van der Waals surface area contributed by atoms with E-state index in [0.29, 0.717) is 0 Å². The smallest absolute Gasteiger partial charge is 0.228 e. The molecule has 2 aromatic rings. The summed E-state index contributed by atoms with van der Waals surface area (Å²) in [6.45, 7) is 9.08. The Kier molecular flexibility index (Phi) is 6.77. The molecule has 1 N–H and O–H groups in total. The molecule has 2 aromatic heterocycles. The van der Waals surface area contributed by atoms with Crippen LogP contribution in [0.25, 0.3) is 11.0 Å². The lowest BCUT2D eigenvalue weighted by molar-refractivity contribution is 0.122. The van der Waals surface area contributed by atoms with Gasteiger partial charge in [-0.15, -0.1) is 11.8 Å². The summed E-state index contributed by atoms with van der Waals surface area (Å²) in [6, 6.07) is 0. The highest BCUT2D eigenvalue weighted by Crippen LogP contribution is 2.31. The van der Waals surface area contributed by atoms with Crippen LogP contribution in [0.5, 0.6) is 0 Å². The van der Waals surface area contributed by atoms with Gasteiger partial charge < -0.3 is 19.9 Å². The van der Waals surface area contributed by atoms with Crippen LogP contribution in [0.4, 0.5) is 11.8 Å². The molecule has 0 unspecified atom stereocenters. The summed E-state index contributed by atoms with van der Waals surface area (Å²) < 4.78 is 5.54. The average molecular weight is 404 g/mol. The van der Waals surface area contributed by atoms with E-state index in [-0.39, 0.29) is 0 Å². The van der Waals surface area contributed by atoms with E-state index in [0.717, 1.165) is 86.1 Å². The lowest BCUT2D eigenvalue weighted by atomic mass is 10.3. The number of anilines is 2. The molecule has 152 valence electrons. The first-order valence-corrected chi connectivity index (χ1v) is 11.3. The number of fused-ring (bicyclic) bond motifs is 1. The second-order valence-electron chi connectivity index (χ2n) is 7.12. The summed E-state index contributed by atoms with van der Waals surface area (Å²) in [5.41, 5.74) is 1.74. The fraction of sp³-hybridized carbons (Fsp3) is 0.684. The van der Waals surface area contributed by atoms with Crippen LogP contribution >= 0.6 is 11.8 Å². The maximum absolute atomic E-state index is 5.54. The summed E-state index contributed by atoms with van der Waals surface area (Å²) in [5.74, 6) is 2.76. The van der Waals surface area contributed by atoms with Crippen molar-refractivity contribution in [2.24, 2.45) is 0 Å². The van der Waals surface area contributed by atoms with Crippen molar-refractivity contribution in [2.75, 3.05) is 68.0 Å². The quantitative estimate of drug-likeness (QED) is 0.424. The fourth-order valence-electron chi connectivity index (χ4n) is 3.53. The molecule has 2 aliphatic rings. The van der Waals surface area contributed by atoms with Gasteiger partial charge >= 0.3 is 0 Å². The average Bonchev–Trinajstić information content (AvgIpc) is 2.77. The van der Waals surface area contributed by atoms with Crippen molar-refractivity contribution in [3.8, 4) is 0 Å². The Morgan fingerprint density at radius 1 is 1.00 bits per heavy atom. The molecule has 8 nitrogen and oxygen atoms in total. The number of hydrogen-bond acceptors (Lipinski definition) is 9. The number of aromatic nitrogens is 4. The standard InChI is InChI=1S/C19H29N7OS/c1-2-3-4-13-28-18-16-15(21-14-22-18)17(25-9-11-27-12-10-25)24-19(23-16)26-7-5-20-6-8-26/h14,20H,2-13H2,1H3. The first-order chi connectivity index (χ1) is 13.9. The second-order valence-corrected chi connectivity index (χ2v) is 8.20. The van der Waals surface area contributed by atoms with Gasteiger partial charge in [0.25, 0.3) is 0 Å². The Morgan fingerprint density at radius 3 is 2.61 bits per heavy atom. The van der Waals surface area contributed by atoms with Gasteiger partial charge in [0, 0.05) is 39.3 Å². The minimum Gasteiger partial charge on any atom is -0.378 e. The minimum atomic E-state index is 0.720. The van der Waals surface area contributed by atoms with Crippen LogP contribution in [0.1, 0.15) is 26.2 Å². The molecule has 0 amide bonds. The van der Waals surface area contributed by atoms with E-state index in [4.69, 9.17) is 14.7 Å². The van der Waals surface area contributed by atoms with Gasteiger partial charge in [-0.2, -0.15) is 4.98 Å². The molecule has 0 radical (unpaired) electrons. The highest BCUT2D eigenvalue weighted by Gasteiger charge is 2.23. The summed E-state index contributed by atoms with van der Waals surface area (Å²) in [5, 5.41) is 4.36. The maximum atomic E-state index is 5.54. The molecule has 4 heterocycles. The number of thioether (sulfide) groups is 1. The summed E-state index contributed by atoms with van der Waals surface area (Å²) in [7, 11) is 0. The molecule has 0 bridgehead atoms. The van der Waals surface area contributed by atoms with Crippen LogP contribution in [-0.2, 0) is 4.74 Å². The van der Waals surface area contributed by atoms with Crippen LogP contribution in [-0.4, -0.2) is 78.2 Å². The number of ether oxygens (including phenoxy) is 1. The number of unbranched alkanes of at least 4 members (excludes halogenated alkanes) is 2. The molecule has 28 heavy (non-hydrogen) atoms. The van der Waals surface area contributed by atoms with E-state index in [1.54, 1.807) is 18.1 Å². The van der Waals surface area contributed by atoms with E-state index in [1.807, 2.05) is 0 Å². The molecule has 2 fully saturated rings. The molecular weight excluding hydrogens is 374 g/mol. The van der Waals surface area contributed by atoms with Gasteiger partial charge in [0.1, 0.15) is 22.4 Å². The first kappa shape index (κ1) is 19.6. The van der Waals surface area contributed by atoms with Crippen molar-refractivity contribution in [2.45, 2.75) is 31.2 Å². The maximum Gasteiger partial charge on any atom is 0.228 e. The van der Waals surface area contributed by atoms with Gasteiger partial charge in [-0.25, -0.2) is 15.0 Å². The van der Waals surface area contributed by atoms with Crippen molar-refractivity contribution < 1.29 is 4.74 Å². The van der Waals surface area contributed by atoms with Crippen LogP contribution in [0.15, 0.2) is 11.4 Å². The zero-order valence-corrected chi connectivity index (χ0v) is 17.4. The van der Waals surface area contributed by atoms with Gasteiger partial charge in [0.15, 0.2) is 5.82 Å². The second kappa shape index (κ2) is 9.67. The highest BCUT2D eigenvalue weighted by molar-refractivity contribution is 7.99. The molecule has 4 rings (SSSR count). The van der Waals surface area contributed by atoms with Crippen molar-refractivity contribution in [1.29, 1.82) is 0 Å². The lowest BCUT2D eigenvalue weighted by Gasteiger charge is -2.31. The minimum absolute atomic E-state index is 0.720. The van der Waals surface area contributed by atoms with Crippen LogP contribution in [0.3, 0.4) is 0 Å². The Balaban J connectivity index is 1.71. The van der Waals surface area contributed by atoms with E-state index in [2.05, 4.69) is 32.0 Å². The van der Waals surface area contributed by atoms with Crippen molar-refractivity contribution in [3.63, 3.8) is 0 Å². The van der Waals surface area contributed by atoms with Gasteiger partial charge in [-0.3, -0.25) is 0 Å². The van der Waals surface area contributed by atoms with Gasteiger partial charge in [0.05, 0.1) is 13.2 Å². The normalized spacial score (nSPS) is 18.0. The largest absolute Gasteiger partial charge is 0.378 e. The molecule has 0 aromatic carbocycles. The predicted molar refractivity (Wildman–Crippen MR) is 113 cm³/mol. The lowest BCUT2D eigenvalue weighted by Crippen LogP contribution is -2.44. The zero-order chi connectivity index (χ0) is 19.2. The molecule has 0 aliphatic carbocycles. The van der Waals surface area contributed by atoms with E-state index in [9.17, 15) is 0 Å². The molecule has 9 heteroatoms. The molecule has 0 saturated carbocycles. The SMILES string of the molecule is CCCCCSc1ncnc2c(N3CCOCC3)nc(N3CCNCC3)nc12. The Hall–Kier alpha value is -1.71. The Labute approximate surface area is 170 Å². The summed E-state index contributed by atoms with van der Waals surface area (Å²) >= 11 is 1.79. The summed E-state index contributed by atoms with van der Waals surface area (Å²) in [4.78, 5) is 23.6. The molecule has 0 spiro atoms. The monoisotopic (exact) mass is 403 g/mol. The van der Waals surface area contributed by atoms with Crippen molar-refractivity contribution in [1.82, 2.24) is 25.3 Å². The number of nitrogens with one attached hydrogen (secondary N) is 1. The van der Waals surface area contributed by atoms with Crippen molar-refractivity contribution in [3.05, 3.63) is 6.33 Å². The van der Waals surface area contributed by atoms with Crippen molar-refractivity contribution >= 4 is 34.6 Å². The molecule has 2 saturated heterocycles. The zero-order valence-electron chi connectivity index (χ0n) is 16.6. The van der Waals surface area contributed by atoms with E-state index < -0.39 is 0 Å². The van der Waals surface area contributed by atoms with Gasteiger partial charge in [-0.1, -0.05) is 19.8 Å². The number of rotatable bonds is 7. The topological polar surface area (TPSA) is 79.3 Å². The van der Waals surface area contributed by atoms with Gasteiger partial charge in [0.2, 0.25) is 5.95 Å². The number of hydrogen-bond donors (Lipinski definition) is 1. The molecule has 2 aliphatic heterocycles. The van der Waals surface area contributed by atoms with Crippen LogP contribution in [0.2, 0.25) is 0 Å². The summed E-state index contributed by atoms with van der Waals surface area (Å²) in [6.07, 6.45) is 5.32. The number of nitrogens with zero attached hydrogens (tertiary/aromatic N) is 6. The Bertz CT molecular complexity index is 778. The third-order valence-electron chi connectivity index (χ3n) is 5.12.